The van der Waals surface area contributed by atoms with E-state index in [-0.39, 0.29) is 0 Å². The lowest BCUT2D eigenvalue weighted by atomic mass is 9.91. The topological polar surface area (TPSA) is 49.6 Å². The Hall–Kier alpha value is -0.320. The van der Waals surface area contributed by atoms with Crippen molar-refractivity contribution < 1.29 is 4.79 Å². The van der Waals surface area contributed by atoms with Gasteiger partial charge >= 0.3 is 0 Å². The summed E-state index contributed by atoms with van der Waals surface area (Å²) < 4.78 is 0. The van der Waals surface area contributed by atoms with Gasteiger partial charge in [0.25, 0.3) is 0 Å². The molecule has 86 valence electrons. The summed E-state index contributed by atoms with van der Waals surface area (Å²) in [5, 5.41) is 0. The lowest BCUT2D eigenvalue weighted by Gasteiger charge is -2.43. The molecule has 1 saturated heterocycles. The van der Waals surface area contributed by atoms with Crippen LogP contribution >= 0.6 is 11.6 Å². The molecule has 2 N–H and O–H groups in total. The van der Waals surface area contributed by atoms with Gasteiger partial charge in [0.15, 0.2) is 5.50 Å². The molecule has 2 rings (SSSR count). The van der Waals surface area contributed by atoms with Crippen molar-refractivity contribution in [3.63, 3.8) is 0 Å². The Kier molecular flexibility index (Phi) is 3.49. The van der Waals surface area contributed by atoms with Crippen LogP contribution in [0, 0.1) is 0 Å². The number of alkyl halides is 1. The molecule has 1 amide bonds. The molecule has 0 aromatic carbocycles. The summed E-state index contributed by atoms with van der Waals surface area (Å²) in [5.41, 5.74) is 4.54. The van der Waals surface area contributed by atoms with Crippen LogP contribution in [0.25, 0.3) is 0 Å². The van der Waals surface area contributed by atoms with Crippen molar-refractivity contribution in [3.05, 3.63) is 0 Å². The largest absolute Gasteiger partial charge is 0.367 e. The van der Waals surface area contributed by atoms with E-state index in [0.717, 1.165) is 32.2 Å². The number of hydrogen-bond acceptors (Lipinski definition) is 3. The zero-order valence-electron chi connectivity index (χ0n) is 8.86. The van der Waals surface area contributed by atoms with Gasteiger partial charge in [0, 0.05) is 32.2 Å². The molecule has 1 saturated carbocycles. The van der Waals surface area contributed by atoms with Gasteiger partial charge < -0.3 is 5.73 Å². The second-order valence-electron chi connectivity index (χ2n) is 4.39. The first-order chi connectivity index (χ1) is 7.18. The van der Waals surface area contributed by atoms with E-state index in [0.29, 0.717) is 0 Å². The van der Waals surface area contributed by atoms with E-state index < -0.39 is 11.4 Å². The smallest absolute Gasteiger partial charge is 0.250 e. The van der Waals surface area contributed by atoms with Crippen LogP contribution in [0.15, 0.2) is 0 Å². The van der Waals surface area contributed by atoms with Gasteiger partial charge in [-0.25, -0.2) is 0 Å². The molecular weight excluding hydrogens is 214 g/mol. The summed E-state index contributed by atoms with van der Waals surface area (Å²) in [4.78, 5) is 15.4. The Balaban J connectivity index is 1.78. The molecule has 1 aliphatic heterocycles. The minimum absolute atomic E-state index is 0.436. The molecule has 0 spiro atoms. The number of hydrogen-bond donors (Lipinski definition) is 1. The zero-order valence-corrected chi connectivity index (χ0v) is 9.62. The second-order valence-corrected chi connectivity index (χ2v) is 4.81. The average molecular weight is 232 g/mol. The van der Waals surface area contributed by atoms with Crippen molar-refractivity contribution in [2.24, 2.45) is 5.73 Å². The molecular formula is C10H18ClN3O. The average Bonchev–Trinajstić information content (AvgIpc) is 2.15. The van der Waals surface area contributed by atoms with E-state index in [1.807, 2.05) is 4.90 Å². The zero-order chi connectivity index (χ0) is 10.8. The van der Waals surface area contributed by atoms with E-state index in [1.165, 1.54) is 19.3 Å². The molecule has 2 fully saturated rings. The predicted octanol–water partition coefficient (Wildman–Crippen LogP) is 0.207. The van der Waals surface area contributed by atoms with Gasteiger partial charge in [0.05, 0.1) is 0 Å². The second kappa shape index (κ2) is 4.68. The number of piperazine rings is 1. The summed E-state index contributed by atoms with van der Waals surface area (Å²) in [7, 11) is 0. The fraction of sp³-hybridized carbons (Fsp3) is 0.900. The van der Waals surface area contributed by atoms with Gasteiger partial charge in [-0.1, -0.05) is 18.0 Å². The highest BCUT2D eigenvalue weighted by molar-refractivity contribution is 6.30. The predicted molar refractivity (Wildman–Crippen MR) is 59.6 cm³/mol. The van der Waals surface area contributed by atoms with Crippen molar-refractivity contribution in [1.82, 2.24) is 9.80 Å². The molecule has 1 heterocycles. The number of halogens is 1. The van der Waals surface area contributed by atoms with Gasteiger partial charge in [0.1, 0.15) is 0 Å². The quantitative estimate of drug-likeness (QED) is 0.558. The number of rotatable bonds is 3. The highest BCUT2D eigenvalue weighted by Crippen LogP contribution is 2.25. The molecule has 2 aliphatic rings. The Morgan fingerprint density at radius 3 is 2.27 bits per heavy atom. The minimum Gasteiger partial charge on any atom is -0.367 e. The summed E-state index contributed by atoms with van der Waals surface area (Å²) in [6, 6.07) is 0.787. The molecule has 0 radical (unpaired) electrons. The standard InChI is InChI=1S/C10H18ClN3O/c11-9(10(12)15)14-6-4-13(5-7-14)8-2-1-3-8/h8-9H,1-7H2,(H2,12,15). The lowest BCUT2D eigenvalue weighted by molar-refractivity contribution is -0.121. The minimum atomic E-state index is -0.631. The SMILES string of the molecule is NC(=O)C(Cl)N1CCN(C2CCC2)CC1. The first-order valence-corrected chi connectivity index (χ1v) is 6.03. The Morgan fingerprint density at radius 1 is 1.27 bits per heavy atom. The van der Waals surface area contributed by atoms with Gasteiger partial charge in [0.2, 0.25) is 5.91 Å². The number of amides is 1. The Labute approximate surface area is 95.3 Å². The lowest BCUT2D eigenvalue weighted by Crippen LogP contribution is -2.55. The molecule has 5 heteroatoms. The normalized spacial score (nSPS) is 27.3. The van der Waals surface area contributed by atoms with Crippen molar-refractivity contribution in [2.45, 2.75) is 30.8 Å². The highest BCUT2D eigenvalue weighted by atomic mass is 35.5. The number of nitrogens with two attached hydrogens (primary N) is 1. The van der Waals surface area contributed by atoms with E-state index in [2.05, 4.69) is 4.90 Å². The maximum Gasteiger partial charge on any atom is 0.250 e. The van der Waals surface area contributed by atoms with Crippen LogP contribution < -0.4 is 5.73 Å². The third kappa shape index (κ3) is 2.44. The molecule has 0 aromatic rings. The molecule has 0 bridgehead atoms. The Morgan fingerprint density at radius 2 is 1.87 bits per heavy atom. The van der Waals surface area contributed by atoms with Crippen LogP contribution in [0.3, 0.4) is 0 Å². The van der Waals surface area contributed by atoms with Crippen LogP contribution in [-0.4, -0.2) is 53.4 Å². The maximum absolute atomic E-state index is 10.9. The maximum atomic E-state index is 10.9. The number of nitrogens with zero attached hydrogens (tertiary/aromatic N) is 2. The van der Waals surface area contributed by atoms with Crippen LogP contribution in [0.5, 0.6) is 0 Å². The molecule has 1 atom stereocenters. The summed E-state index contributed by atoms with van der Waals surface area (Å²) in [6.07, 6.45) is 4.03. The van der Waals surface area contributed by atoms with Gasteiger partial charge in [-0.05, 0) is 12.8 Å². The first kappa shape index (κ1) is 11.2. The van der Waals surface area contributed by atoms with Gasteiger partial charge in [-0.15, -0.1) is 0 Å². The first-order valence-electron chi connectivity index (χ1n) is 5.60. The fourth-order valence-corrected chi connectivity index (χ4v) is 2.46. The number of primary amides is 1. The third-order valence-electron chi connectivity index (χ3n) is 3.50. The highest BCUT2D eigenvalue weighted by Gasteiger charge is 2.30. The number of carbonyl (C=O) groups excluding carboxylic acids is 1. The molecule has 15 heavy (non-hydrogen) atoms. The molecule has 1 aliphatic carbocycles. The van der Waals surface area contributed by atoms with E-state index in [9.17, 15) is 4.79 Å². The summed E-state index contributed by atoms with van der Waals surface area (Å²) in [5.74, 6) is -0.436. The van der Waals surface area contributed by atoms with Crippen molar-refractivity contribution in [3.8, 4) is 0 Å². The van der Waals surface area contributed by atoms with Gasteiger partial charge in [-0.2, -0.15) is 0 Å². The Bertz CT molecular complexity index is 237. The van der Waals surface area contributed by atoms with Gasteiger partial charge in [-0.3, -0.25) is 14.6 Å². The van der Waals surface area contributed by atoms with Crippen molar-refractivity contribution >= 4 is 17.5 Å². The van der Waals surface area contributed by atoms with E-state index in [1.54, 1.807) is 0 Å². The van der Waals surface area contributed by atoms with Crippen LogP contribution in [-0.2, 0) is 4.79 Å². The summed E-state index contributed by atoms with van der Waals surface area (Å²) >= 11 is 5.90. The van der Waals surface area contributed by atoms with Crippen molar-refractivity contribution in [1.29, 1.82) is 0 Å². The van der Waals surface area contributed by atoms with Crippen LogP contribution in [0.2, 0.25) is 0 Å². The third-order valence-corrected chi connectivity index (χ3v) is 3.99. The van der Waals surface area contributed by atoms with E-state index >= 15 is 0 Å². The van der Waals surface area contributed by atoms with E-state index in [4.69, 9.17) is 17.3 Å². The molecule has 4 nitrogen and oxygen atoms in total. The monoisotopic (exact) mass is 231 g/mol. The van der Waals surface area contributed by atoms with Crippen LogP contribution in [0.4, 0.5) is 0 Å². The number of carbonyl (C=O) groups is 1. The van der Waals surface area contributed by atoms with Crippen LogP contribution in [0.1, 0.15) is 19.3 Å². The molecule has 0 aromatic heterocycles. The fourth-order valence-electron chi connectivity index (χ4n) is 2.26. The molecule has 1 unspecified atom stereocenters. The summed E-state index contributed by atoms with van der Waals surface area (Å²) in [6.45, 7) is 3.74. The van der Waals surface area contributed by atoms with Crippen molar-refractivity contribution in [2.75, 3.05) is 26.2 Å².